The van der Waals surface area contributed by atoms with E-state index in [-0.39, 0.29) is 5.78 Å². The summed E-state index contributed by atoms with van der Waals surface area (Å²) in [4.78, 5) is 19.7. The Balaban J connectivity index is 2.29. The van der Waals surface area contributed by atoms with Gasteiger partial charge in [0, 0.05) is 32.3 Å². The number of aryl methyl sites for hydroxylation is 1. The lowest BCUT2D eigenvalue weighted by molar-refractivity contribution is -0.122. The number of nitrogens with zero attached hydrogens (tertiary/aromatic N) is 1. The Morgan fingerprint density at radius 2 is 1.82 bits per heavy atom. The summed E-state index contributed by atoms with van der Waals surface area (Å²) in [5.41, 5.74) is 3.57. The summed E-state index contributed by atoms with van der Waals surface area (Å²) in [6.45, 7) is 8.00. The molecule has 1 aromatic carbocycles. The summed E-state index contributed by atoms with van der Waals surface area (Å²) < 4.78 is 0. The van der Waals surface area contributed by atoms with Gasteiger partial charge in [0.05, 0.1) is 5.71 Å². The van der Waals surface area contributed by atoms with Crippen molar-refractivity contribution in [3.05, 3.63) is 55.7 Å². The van der Waals surface area contributed by atoms with Gasteiger partial charge in [0.25, 0.3) is 0 Å². The maximum atomic E-state index is 12.5. The van der Waals surface area contributed by atoms with Gasteiger partial charge >= 0.3 is 0 Å². The molecule has 1 aliphatic heterocycles. The molecule has 0 fully saturated rings. The number of rotatable bonds is 1. The quantitative estimate of drug-likeness (QED) is 0.740. The van der Waals surface area contributed by atoms with Crippen LogP contribution in [-0.4, -0.2) is 17.0 Å². The molecule has 0 atom stereocenters. The number of benzene rings is 1. The number of halogens is 1. The Hall–Kier alpha value is -1.45. The number of thiophene rings is 1. The minimum absolute atomic E-state index is 0.166. The van der Waals surface area contributed by atoms with Crippen molar-refractivity contribution in [2.24, 2.45) is 4.99 Å². The first-order valence-corrected chi connectivity index (χ1v) is 8.47. The number of ketones is 1. The summed E-state index contributed by atoms with van der Waals surface area (Å²) in [6.07, 6.45) is 0.461. The number of fused-ring (bicyclic) bond motifs is 1. The van der Waals surface area contributed by atoms with Crippen LogP contribution >= 0.6 is 22.9 Å². The second-order valence-corrected chi connectivity index (χ2v) is 7.95. The van der Waals surface area contributed by atoms with E-state index < -0.39 is 5.54 Å². The van der Waals surface area contributed by atoms with Crippen molar-refractivity contribution in [1.29, 1.82) is 0 Å². The van der Waals surface area contributed by atoms with Gasteiger partial charge in [-0.25, -0.2) is 0 Å². The summed E-state index contributed by atoms with van der Waals surface area (Å²) in [5, 5.41) is 0.701. The maximum absolute atomic E-state index is 12.5. The van der Waals surface area contributed by atoms with Crippen molar-refractivity contribution < 1.29 is 4.79 Å². The molecule has 2 heterocycles. The number of Topliss-reactive ketones (excluding diaryl/α,β-unsaturated/α-hetero) is 1. The molecule has 114 valence electrons. The first-order valence-electron chi connectivity index (χ1n) is 7.28. The van der Waals surface area contributed by atoms with E-state index >= 15 is 0 Å². The fraction of sp³-hybridized carbons (Fsp3) is 0.333. The summed E-state index contributed by atoms with van der Waals surface area (Å²) in [6, 6.07) is 7.69. The second-order valence-electron chi connectivity index (χ2n) is 6.21. The lowest BCUT2D eigenvalue weighted by atomic mass is 9.97. The third-order valence-electron chi connectivity index (χ3n) is 4.21. The van der Waals surface area contributed by atoms with Gasteiger partial charge in [-0.1, -0.05) is 23.7 Å². The van der Waals surface area contributed by atoms with Crippen LogP contribution in [0.15, 0.2) is 29.3 Å². The van der Waals surface area contributed by atoms with Crippen LogP contribution in [0.1, 0.15) is 40.3 Å². The second kappa shape index (κ2) is 5.32. The normalized spacial score (nSPS) is 17.0. The van der Waals surface area contributed by atoms with Gasteiger partial charge in [-0.05, 0) is 45.4 Å². The van der Waals surface area contributed by atoms with Crippen LogP contribution in [0.4, 0.5) is 0 Å². The van der Waals surface area contributed by atoms with Gasteiger partial charge in [-0.15, -0.1) is 11.3 Å². The molecule has 0 saturated carbocycles. The third-order valence-corrected chi connectivity index (χ3v) is 5.67. The number of aliphatic imine (C=N–C) groups is 1. The fourth-order valence-electron chi connectivity index (χ4n) is 2.71. The Morgan fingerprint density at radius 3 is 2.45 bits per heavy atom. The zero-order valence-electron chi connectivity index (χ0n) is 13.2. The number of carbonyl (C=O) groups is 1. The van der Waals surface area contributed by atoms with E-state index in [1.807, 2.05) is 38.1 Å². The number of hydrogen-bond donors (Lipinski definition) is 0. The molecule has 22 heavy (non-hydrogen) atoms. The highest BCUT2D eigenvalue weighted by Crippen LogP contribution is 2.35. The molecule has 0 unspecified atom stereocenters. The van der Waals surface area contributed by atoms with Gasteiger partial charge in [-0.2, -0.15) is 0 Å². The number of carbonyl (C=O) groups excluding carboxylic acids is 1. The first kappa shape index (κ1) is 15.4. The molecule has 4 heteroatoms. The van der Waals surface area contributed by atoms with Crippen LogP contribution in [0.3, 0.4) is 0 Å². The topological polar surface area (TPSA) is 29.4 Å². The highest BCUT2D eigenvalue weighted by Gasteiger charge is 2.34. The molecule has 0 aliphatic carbocycles. The number of hydrogen-bond acceptors (Lipinski definition) is 3. The van der Waals surface area contributed by atoms with Crippen LogP contribution in [0, 0.1) is 13.8 Å². The van der Waals surface area contributed by atoms with E-state index in [2.05, 4.69) is 13.8 Å². The first-order chi connectivity index (χ1) is 10.3. The summed E-state index contributed by atoms with van der Waals surface area (Å²) >= 11 is 7.71. The van der Waals surface area contributed by atoms with Crippen LogP contribution in [0.25, 0.3) is 0 Å². The minimum atomic E-state index is -0.700. The van der Waals surface area contributed by atoms with Crippen LogP contribution in [-0.2, 0) is 11.2 Å². The summed E-state index contributed by atoms with van der Waals surface area (Å²) in [7, 11) is 0. The molecule has 0 N–H and O–H groups in total. The Labute approximate surface area is 139 Å². The van der Waals surface area contributed by atoms with Crippen molar-refractivity contribution in [2.45, 2.75) is 39.7 Å². The van der Waals surface area contributed by atoms with E-state index in [9.17, 15) is 4.79 Å². The lowest BCUT2D eigenvalue weighted by Crippen LogP contribution is -2.30. The zero-order valence-corrected chi connectivity index (χ0v) is 14.7. The van der Waals surface area contributed by atoms with Crippen LogP contribution < -0.4 is 0 Å². The Kier molecular flexibility index (Phi) is 3.74. The van der Waals surface area contributed by atoms with Crippen LogP contribution in [0.5, 0.6) is 0 Å². The molecule has 2 nitrogen and oxygen atoms in total. The fourth-order valence-corrected chi connectivity index (χ4v) is 4.01. The largest absolute Gasteiger partial charge is 0.297 e. The average molecular weight is 332 g/mol. The molecule has 0 bridgehead atoms. The zero-order chi connectivity index (χ0) is 16.1. The summed E-state index contributed by atoms with van der Waals surface area (Å²) in [5.74, 6) is 0.166. The Bertz CT molecular complexity index is 784. The lowest BCUT2D eigenvalue weighted by Gasteiger charge is -2.17. The van der Waals surface area contributed by atoms with Crippen molar-refractivity contribution in [3.8, 4) is 0 Å². The molecule has 3 rings (SSSR count). The predicted molar refractivity (Wildman–Crippen MR) is 93.7 cm³/mol. The molecule has 0 spiro atoms. The van der Waals surface area contributed by atoms with E-state index in [1.165, 1.54) is 10.4 Å². The molecule has 0 radical (unpaired) electrons. The van der Waals surface area contributed by atoms with E-state index in [0.717, 1.165) is 21.7 Å². The highest BCUT2D eigenvalue weighted by molar-refractivity contribution is 7.12. The molecule has 2 aromatic rings. The monoisotopic (exact) mass is 331 g/mol. The van der Waals surface area contributed by atoms with Crippen LogP contribution in [0.2, 0.25) is 5.02 Å². The standard InChI is InChI=1S/C18H18ClNOS/c1-10-11(2)22-14-9-15(21)18(3,4)20-17(16(10)14)12-5-7-13(19)8-6-12/h5-8H,9H2,1-4H3. The van der Waals surface area contributed by atoms with Gasteiger partial charge in [0.2, 0.25) is 0 Å². The molecule has 0 amide bonds. The van der Waals surface area contributed by atoms with E-state index in [4.69, 9.17) is 16.6 Å². The van der Waals surface area contributed by atoms with Crippen molar-refractivity contribution >= 4 is 34.4 Å². The van der Waals surface area contributed by atoms with E-state index in [1.54, 1.807) is 11.3 Å². The van der Waals surface area contributed by atoms with Crippen molar-refractivity contribution in [3.63, 3.8) is 0 Å². The molecule has 1 aromatic heterocycles. The van der Waals surface area contributed by atoms with E-state index in [0.29, 0.717) is 11.4 Å². The highest BCUT2D eigenvalue weighted by atomic mass is 35.5. The third kappa shape index (κ3) is 2.53. The predicted octanol–water partition coefficient (Wildman–Crippen LogP) is 4.76. The van der Waals surface area contributed by atoms with Gasteiger partial charge in [0.1, 0.15) is 5.54 Å². The molecular formula is C18H18ClNOS. The Morgan fingerprint density at radius 1 is 1.18 bits per heavy atom. The maximum Gasteiger partial charge on any atom is 0.165 e. The van der Waals surface area contributed by atoms with Crippen molar-refractivity contribution in [2.75, 3.05) is 0 Å². The van der Waals surface area contributed by atoms with Gasteiger partial charge < -0.3 is 0 Å². The SMILES string of the molecule is Cc1sc2c(c1C)C(c1ccc(Cl)cc1)=NC(C)(C)C(=O)C2. The smallest absolute Gasteiger partial charge is 0.165 e. The minimum Gasteiger partial charge on any atom is -0.297 e. The van der Waals surface area contributed by atoms with Gasteiger partial charge in [0.15, 0.2) is 5.78 Å². The molecular weight excluding hydrogens is 314 g/mol. The molecule has 0 saturated heterocycles. The van der Waals surface area contributed by atoms with Gasteiger partial charge in [-0.3, -0.25) is 9.79 Å². The molecule has 1 aliphatic rings. The average Bonchev–Trinajstić information content (AvgIpc) is 2.67. The van der Waals surface area contributed by atoms with Crippen molar-refractivity contribution in [1.82, 2.24) is 0 Å².